The minimum Gasteiger partial charge on any atom is -0.460 e. The Hall–Kier alpha value is -1.14. The van der Waals surface area contributed by atoms with Gasteiger partial charge in [0.1, 0.15) is 26.3 Å². The molecule has 0 saturated carbocycles. The molecule has 0 aliphatic carbocycles. The molecule has 0 aliphatic rings. The highest BCUT2D eigenvalue weighted by Crippen LogP contribution is 2.14. The molecule has 0 bridgehead atoms. The predicted molar refractivity (Wildman–Crippen MR) is 202 cm³/mol. The Morgan fingerprint density at radius 3 is 0.894 bits per heavy atom. The molecule has 47 heavy (non-hydrogen) atoms. The zero-order chi connectivity index (χ0) is 34.9. The lowest BCUT2D eigenvalue weighted by Crippen LogP contribution is -2.43. The summed E-state index contributed by atoms with van der Waals surface area (Å²) in [5, 5.41) is 0. The monoisotopic (exact) mass is 669 g/mol. The maximum absolute atomic E-state index is 12.2. The van der Waals surface area contributed by atoms with Crippen LogP contribution in [0.4, 0.5) is 0 Å². The third-order valence-electron chi connectivity index (χ3n) is 9.92. The van der Waals surface area contributed by atoms with Crippen molar-refractivity contribution in [1.82, 2.24) is 0 Å². The molecule has 0 heterocycles. The second-order valence-electron chi connectivity index (χ2n) is 15.8. The molecule has 0 unspecified atom stereocenters. The lowest BCUT2D eigenvalue weighted by Gasteiger charge is -2.29. The van der Waals surface area contributed by atoms with Crippen molar-refractivity contribution < 1.29 is 28.0 Å². The first-order chi connectivity index (χ1) is 22.6. The third-order valence-corrected chi connectivity index (χ3v) is 9.92. The van der Waals surface area contributed by atoms with E-state index in [4.69, 9.17) is 9.47 Å². The molecule has 0 amide bonds. The van der Waals surface area contributed by atoms with E-state index in [0.717, 1.165) is 35.1 Å². The average Bonchev–Trinajstić information content (AvgIpc) is 3.02. The van der Waals surface area contributed by atoms with Crippen LogP contribution in [0.15, 0.2) is 0 Å². The van der Waals surface area contributed by atoms with Crippen molar-refractivity contribution >= 4 is 11.9 Å². The Bertz CT molecular complexity index is 652. The van der Waals surface area contributed by atoms with Gasteiger partial charge >= 0.3 is 11.9 Å². The summed E-state index contributed by atoms with van der Waals surface area (Å²) < 4.78 is 12.7. The first-order valence-corrected chi connectivity index (χ1v) is 20.6. The number of hydrogen-bond acceptors (Lipinski definition) is 4. The molecule has 0 aromatic rings. The van der Waals surface area contributed by atoms with Crippen molar-refractivity contribution in [3.05, 3.63) is 0 Å². The first kappa shape index (κ1) is 45.9. The Kier molecular flexibility index (Phi) is 31.3. The average molecular weight is 669 g/mol. The maximum atomic E-state index is 12.2. The van der Waals surface area contributed by atoms with Crippen LogP contribution in [0.1, 0.15) is 187 Å². The summed E-state index contributed by atoms with van der Waals surface area (Å²) in [5.41, 5.74) is 0. The van der Waals surface area contributed by atoms with Gasteiger partial charge in [0.2, 0.25) is 0 Å². The summed E-state index contributed by atoms with van der Waals surface area (Å²) >= 11 is 0. The van der Waals surface area contributed by atoms with E-state index in [0.29, 0.717) is 19.6 Å². The van der Waals surface area contributed by atoms with E-state index in [1.54, 1.807) is 0 Å². The van der Waals surface area contributed by atoms with Crippen LogP contribution >= 0.6 is 0 Å². The van der Waals surface area contributed by atoms with Gasteiger partial charge in [-0.15, -0.1) is 0 Å². The van der Waals surface area contributed by atoms with Crippen LogP contribution in [0.3, 0.4) is 0 Å². The molecule has 0 aliphatic heterocycles. The number of carbonyl (C=O) groups excluding carboxylic acids is 2. The maximum Gasteiger partial charge on any atom is 0.306 e. The smallest absolute Gasteiger partial charge is 0.306 e. The molecule has 0 radical (unpaired) electrons. The van der Waals surface area contributed by atoms with E-state index in [1.807, 2.05) is 0 Å². The van der Waals surface area contributed by atoms with Crippen LogP contribution in [-0.2, 0) is 19.1 Å². The van der Waals surface area contributed by atoms with Crippen molar-refractivity contribution in [2.75, 3.05) is 67.6 Å². The fourth-order valence-corrected chi connectivity index (χ4v) is 6.32. The molecule has 6 heteroatoms. The van der Waals surface area contributed by atoms with Crippen molar-refractivity contribution in [3.8, 4) is 0 Å². The minimum absolute atomic E-state index is 0.205. The SMILES string of the molecule is CCCCCCCCCCCCCC[N+](C)(C)CCOC(=O)CCCC(=O)OCC[N+](C)(C)CCCCCCCCCCCCCC. The molecule has 0 atom stereocenters. The van der Waals surface area contributed by atoms with Crippen LogP contribution in [0.2, 0.25) is 0 Å². The lowest BCUT2D eigenvalue weighted by molar-refractivity contribution is -0.890. The van der Waals surface area contributed by atoms with Gasteiger partial charge in [0, 0.05) is 12.8 Å². The highest BCUT2D eigenvalue weighted by Gasteiger charge is 2.17. The second kappa shape index (κ2) is 32.1. The third kappa shape index (κ3) is 34.5. The van der Waals surface area contributed by atoms with Gasteiger partial charge in [0.05, 0.1) is 41.3 Å². The summed E-state index contributed by atoms with van der Waals surface area (Å²) in [5.74, 6) is -0.410. The summed E-state index contributed by atoms with van der Waals surface area (Å²) in [4.78, 5) is 24.4. The Balaban J connectivity index is 3.67. The fourth-order valence-electron chi connectivity index (χ4n) is 6.32. The summed E-state index contributed by atoms with van der Waals surface area (Å²) in [6, 6.07) is 0. The van der Waals surface area contributed by atoms with Gasteiger partial charge in [0.25, 0.3) is 0 Å². The number of quaternary nitrogens is 2. The van der Waals surface area contributed by atoms with Crippen LogP contribution in [0.25, 0.3) is 0 Å². The quantitative estimate of drug-likeness (QED) is 0.0379. The van der Waals surface area contributed by atoms with Gasteiger partial charge in [-0.2, -0.15) is 0 Å². The number of rotatable bonds is 36. The number of nitrogens with zero attached hydrogens (tertiary/aromatic N) is 2. The van der Waals surface area contributed by atoms with Crippen LogP contribution in [0, 0.1) is 0 Å². The predicted octanol–water partition coefficient (Wildman–Crippen LogP) is 10.8. The highest BCUT2D eigenvalue weighted by molar-refractivity contribution is 5.72. The molecule has 0 N–H and O–H groups in total. The largest absolute Gasteiger partial charge is 0.460 e. The Morgan fingerprint density at radius 1 is 0.362 bits per heavy atom. The fraction of sp³-hybridized carbons (Fsp3) is 0.951. The van der Waals surface area contributed by atoms with Crippen molar-refractivity contribution in [2.24, 2.45) is 0 Å². The van der Waals surface area contributed by atoms with E-state index in [1.165, 1.54) is 154 Å². The molecular weight excluding hydrogens is 584 g/mol. The molecule has 0 rings (SSSR count). The number of ether oxygens (including phenoxy) is 2. The number of unbranched alkanes of at least 4 members (excludes halogenated alkanes) is 22. The standard InChI is InChI=1S/C41H84N2O4/c1-7-9-11-13-15-17-19-21-23-25-27-29-34-42(3,4)36-38-46-40(44)32-31-33-41(45)47-39-37-43(5,6)35-30-28-26-24-22-20-18-16-14-12-10-8-2/h7-39H2,1-6H3/q+2. The molecule has 0 spiro atoms. The number of esters is 2. The molecule has 0 aromatic heterocycles. The topological polar surface area (TPSA) is 52.6 Å². The highest BCUT2D eigenvalue weighted by atomic mass is 16.5. The Morgan fingerprint density at radius 2 is 0.617 bits per heavy atom. The Labute approximate surface area is 294 Å². The van der Waals surface area contributed by atoms with E-state index >= 15 is 0 Å². The van der Waals surface area contributed by atoms with Gasteiger partial charge in [0.15, 0.2) is 0 Å². The van der Waals surface area contributed by atoms with E-state index < -0.39 is 0 Å². The van der Waals surface area contributed by atoms with Gasteiger partial charge in [-0.05, 0) is 32.1 Å². The first-order valence-electron chi connectivity index (χ1n) is 20.6. The molecular formula is C41H84N2O4+2. The van der Waals surface area contributed by atoms with Crippen LogP contribution in [-0.4, -0.2) is 88.5 Å². The summed E-state index contributed by atoms with van der Waals surface area (Å²) in [6.07, 6.45) is 33.9. The van der Waals surface area contributed by atoms with Crippen molar-refractivity contribution in [1.29, 1.82) is 0 Å². The zero-order valence-electron chi connectivity index (χ0n) is 32.9. The van der Waals surface area contributed by atoms with E-state index in [-0.39, 0.29) is 24.8 Å². The van der Waals surface area contributed by atoms with Crippen molar-refractivity contribution in [2.45, 2.75) is 187 Å². The molecule has 6 nitrogen and oxygen atoms in total. The van der Waals surface area contributed by atoms with Crippen LogP contribution < -0.4 is 0 Å². The number of hydrogen-bond donors (Lipinski definition) is 0. The number of carbonyl (C=O) groups is 2. The lowest BCUT2D eigenvalue weighted by atomic mass is 10.1. The van der Waals surface area contributed by atoms with Crippen molar-refractivity contribution in [3.63, 3.8) is 0 Å². The minimum atomic E-state index is -0.205. The zero-order valence-corrected chi connectivity index (χ0v) is 32.9. The molecule has 280 valence electrons. The van der Waals surface area contributed by atoms with Crippen LogP contribution in [0.5, 0.6) is 0 Å². The normalized spacial score (nSPS) is 12.0. The molecule has 0 saturated heterocycles. The van der Waals surface area contributed by atoms with Gasteiger partial charge < -0.3 is 18.4 Å². The summed E-state index contributed by atoms with van der Waals surface area (Å²) in [7, 11) is 8.89. The second-order valence-corrected chi connectivity index (χ2v) is 15.8. The van der Waals surface area contributed by atoms with Gasteiger partial charge in [-0.3, -0.25) is 9.59 Å². The van der Waals surface area contributed by atoms with Gasteiger partial charge in [-0.1, -0.05) is 142 Å². The summed E-state index contributed by atoms with van der Waals surface area (Å²) in [6.45, 7) is 9.35. The van der Waals surface area contributed by atoms with E-state index in [2.05, 4.69) is 42.0 Å². The van der Waals surface area contributed by atoms with E-state index in [9.17, 15) is 9.59 Å². The molecule has 0 fully saturated rings. The van der Waals surface area contributed by atoms with Gasteiger partial charge in [-0.25, -0.2) is 0 Å². The number of likely N-dealkylation sites (N-methyl/N-ethyl adjacent to an activating group) is 2. The molecule has 0 aromatic carbocycles.